The van der Waals surface area contributed by atoms with E-state index < -0.39 is 11.9 Å². The zero-order valence-corrected chi connectivity index (χ0v) is 9.04. The van der Waals surface area contributed by atoms with Gasteiger partial charge < -0.3 is 30.6 Å². The summed E-state index contributed by atoms with van der Waals surface area (Å²) >= 11 is 0. The van der Waals surface area contributed by atoms with Crippen LogP contribution >= 0.6 is 0 Å². The smallest absolute Gasteiger partial charge is 0.550 e. The molecular weight excluding hydrogens is 269 g/mol. The van der Waals surface area contributed by atoms with Gasteiger partial charge in [0.15, 0.2) is 0 Å². The summed E-state index contributed by atoms with van der Waals surface area (Å²) in [4.78, 5) is 17.8. The number of carbonyl (C=O) groups is 2. The van der Waals surface area contributed by atoms with E-state index in [1.54, 1.807) is 0 Å². The van der Waals surface area contributed by atoms with Crippen molar-refractivity contribution in [2.24, 2.45) is 5.73 Å². The number of nitrogens with two attached hydrogens (primary N) is 1. The SMILES string of the molecule is CC(=O)[O-].CC(=O)[O-].NCCO.[Rh+2]. The Labute approximate surface area is 89.5 Å². The molecule has 0 rings (SSSR count). The molecule has 0 saturated heterocycles. The number of aliphatic hydroxyl groups excluding tert-OH is 1. The maximum absolute atomic E-state index is 8.89. The molecular formula is C6H13NO5Rh. The average molecular weight is 282 g/mol. The molecule has 0 aliphatic heterocycles. The molecule has 0 aliphatic carbocycles. The summed E-state index contributed by atoms with van der Waals surface area (Å²) < 4.78 is 0. The fourth-order valence-electron chi connectivity index (χ4n) is 0. The van der Waals surface area contributed by atoms with E-state index in [-0.39, 0.29) is 26.1 Å². The third kappa shape index (κ3) is 4420. The first-order valence-electron chi connectivity index (χ1n) is 3.04. The molecule has 6 nitrogen and oxygen atoms in total. The number of rotatable bonds is 1. The van der Waals surface area contributed by atoms with Gasteiger partial charge in [0, 0.05) is 18.5 Å². The second-order valence-electron chi connectivity index (χ2n) is 1.50. The van der Waals surface area contributed by atoms with Gasteiger partial charge in [0.05, 0.1) is 6.61 Å². The van der Waals surface area contributed by atoms with Crippen LogP contribution in [0.15, 0.2) is 0 Å². The van der Waals surface area contributed by atoms with Crippen LogP contribution < -0.4 is 15.9 Å². The van der Waals surface area contributed by atoms with Crippen molar-refractivity contribution in [3.8, 4) is 0 Å². The van der Waals surface area contributed by atoms with Crippen molar-refractivity contribution in [2.75, 3.05) is 13.2 Å². The van der Waals surface area contributed by atoms with Crippen LogP contribution in [0.25, 0.3) is 0 Å². The van der Waals surface area contributed by atoms with Crippen LogP contribution in [0, 0.1) is 0 Å². The standard InChI is InChI=1S/C2H7NO.2C2H4O2.Rh/c3-1-2-4;2*1-2(3)4;/h4H,1-3H2;2*1H3,(H,3,4);/q;;;+2/p-2. The number of carbonyl (C=O) groups excluding carboxylic acids is 2. The summed E-state index contributed by atoms with van der Waals surface area (Å²) in [6, 6.07) is 0. The molecule has 0 unspecified atom stereocenters. The molecule has 0 aromatic carbocycles. The molecule has 0 amide bonds. The maximum Gasteiger partial charge on any atom is 2.00 e. The van der Waals surface area contributed by atoms with E-state index in [1.165, 1.54) is 0 Å². The number of hydrogen-bond donors (Lipinski definition) is 2. The van der Waals surface area contributed by atoms with Gasteiger partial charge in [-0.2, -0.15) is 0 Å². The minimum atomic E-state index is -1.08. The van der Waals surface area contributed by atoms with Crippen LogP contribution in [-0.2, 0) is 29.1 Å². The zero-order valence-electron chi connectivity index (χ0n) is 7.41. The van der Waals surface area contributed by atoms with Gasteiger partial charge >= 0.3 is 19.5 Å². The molecule has 0 saturated carbocycles. The normalized spacial score (nSPS) is 6.15. The first-order valence-corrected chi connectivity index (χ1v) is 3.04. The second kappa shape index (κ2) is 22.5. The molecule has 13 heavy (non-hydrogen) atoms. The average Bonchev–Trinajstić information content (AvgIpc) is 1.85. The Hall–Kier alpha value is -0.517. The molecule has 0 aromatic heterocycles. The maximum atomic E-state index is 8.89. The fourth-order valence-corrected chi connectivity index (χ4v) is 0. The number of aliphatic carboxylic acids is 2. The third-order valence-electron chi connectivity index (χ3n) is 0.129. The Morgan fingerprint density at radius 2 is 1.31 bits per heavy atom. The van der Waals surface area contributed by atoms with Crippen LogP contribution in [-0.4, -0.2) is 30.2 Å². The van der Waals surface area contributed by atoms with E-state index in [4.69, 9.17) is 30.6 Å². The van der Waals surface area contributed by atoms with Crippen molar-refractivity contribution >= 4 is 11.9 Å². The van der Waals surface area contributed by atoms with E-state index in [1.807, 2.05) is 0 Å². The Morgan fingerprint density at radius 3 is 1.31 bits per heavy atom. The Balaban J connectivity index is -0.0000000450. The Kier molecular flexibility index (Phi) is 39.7. The van der Waals surface area contributed by atoms with E-state index in [0.29, 0.717) is 6.54 Å². The van der Waals surface area contributed by atoms with E-state index in [0.717, 1.165) is 13.8 Å². The largest absolute Gasteiger partial charge is 2.00 e. The van der Waals surface area contributed by atoms with Crippen molar-refractivity contribution in [3.63, 3.8) is 0 Å². The topological polar surface area (TPSA) is 127 Å². The van der Waals surface area contributed by atoms with E-state index in [9.17, 15) is 0 Å². The number of hydrogen-bond acceptors (Lipinski definition) is 6. The van der Waals surface area contributed by atoms with Gasteiger partial charge in [-0.05, 0) is 13.8 Å². The quantitative estimate of drug-likeness (QED) is 0.479. The van der Waals surface area contributed by atoms with Crippen LogP contribution in [0.5, 0.6) is 0 Å². The first kappa shape index (κ1) is 22.9. The van der Waals surface area contributed by atoms with Gasteiger partial charge in [0.1, 0.15) is 0 Å². The molecule has 0 atom stereocenters. The van der Waals surface area contributed by atoms with Gasteiger partial charge in [-0.3, -0.25) is 0 Å². The second-order valence-corrected chi connectivity index (χ2v) is 1.50. The Bertz CT molecular complexity index is 97.6. The minimum Gasteiger partial charge on any atom is -0.550 e. The molecule has 1 radical (unpaired) electrons. The predicted molar refractivity (Wildman–Crippen MR) is 37.5 cm³/mol. The van der Waals surface area contributed by atoms with Crippen molar-refractivity contribution in [3.05, 3.63) is 0 Å². The molecule has 0 aliphatic rings. The molecule has 0 fully saturated rings. The first-order chi connectivity index (χ1) is 5.38. The van der Waals surface area contributed by atoms with Crippen molar-refractivity contribution in [1.82, 2.24) is 0 Å². The van der Waals surface area contributed by atoms with Crippen LogP contribution in [0.4, 0.5) is 0 Å². The molecule has 3 N–H and O–H groups in total. The number of carboxylic acids is 2. The summed E-state index contributed by atoms with van der Waals surface area (Å²) in [6.07, 6.45) is 0. The number of carboxylic acid groups (broad SMARTS) is 2. The molecule has 0 heterocycles. The molecule has 0 spiro atoms. The summed E-state index contributed by atoms with van der Waals surface area (Å²) in [5, 5.41) is 25.5. The van der Waals surface area contributed by atoms with Crippen LogP contribution in [0.3, 0.4) is 0 Å². The predicted octanol–water partition coefficient (Wildman–Crippen LogP) is -3.55. The summed E-state index contributed by atoms with van der Waals surface area (Å²) in [5.41, 5.74) is 4.78. The summed E-state index contributed by atoms with van der Waals surface area (Å²) in [6.45, 7) is 2.42. The van der Waals surface area contributed by atoms with Gasteiger partial charge in [-0.15, -0.1) is 0 Å². The minimum absolute atomic E-state index is 0. The molecule has 0 bridgehead atoms. The van der Waals surface area contributed by atoms with E-state index in [2.05, 4.69) is 0 Å². The van der Waals surface area contributed by atoms with Gasteiger partial charge in [0.25, 0.3) is 0 Å². The monoisotopic (exact) mass is 282 g/mol. The van der Waals surface area contributed by atoms with Crippen LogP contribution in [0.2, 0.25) is 0 Å². The van der Waals surface area contributed by atoms with E-state index >= 15 is 0 Å². The van der Waals surface area contributed by atoms with Crippen molar-refractivity contribution < 1.29 is 44.4 Å². The van der Waals surface area contributed by atoms with Crippen LogP contribution in [0.1, 0.15) is 13.8 Å². The molecule has 0 aromatic rings. The van der Waals surface area contributed by atoms with Crippen molar-refractivity contribution in [2.45, 2.75) is 13.8 Å². The van der Waals surface area contributed by atoms with Gasteiger partial charge in [-0.25, -0.2) is 0 Å². The number of aliphatic hydroxyl groups is 1. The Morgan fingerprint density at radius 1 is 1.23 bits per heavy atom. The van der Waals surface area contributed by atoms with Crippen molar-refractivity contribution in [1.29, 1.82) is 0 Å². The van der Waals surface area contributed by atoms with Gasteiger partial charge in [0.2, 0.25) is 0 Å². The molecule has 7 heteroatoms. The summed E-state index contributed by atoms with van der Waals surface area (Å²) in [5.74, 6) is -2.17. The van der Waals surface area contributed by atoms with Gasteiger partial charge in [-0.1, -0.05) is 0 Å². The zero-order chi connectivity index (χ0) is 10.6. The molecule has 81 valence electrons. The summed E-state index contributed by atoms with van der Waals surface area (Å²) in [7, 11) is 0. The third-order valence-corrected chi connectivity index (χ3v) is 0.129. The fraction of sp³-hybridized carbons (Fsp3) is 0.667.